The van der Waals surface area contributed by atoms with E-state index in [-0.39, 0.29) is 0 Å². The minimum absolute atomic E-state index is 0.505. The van der Waals surface area contributed by atoms with Crippen LogP contribution in [0.3, 0.4) is 0 Å². The number of ether oxygens (including phenoxy) is 1. The minimum atomic E-state index is 0.505. The van der Waals surface area contributed by atoms with E-state index in [4.69, 9.17) is 10.5 Å². The Morgan fingerprint density at radius 1 is 1.28 bits per heavy atom. The first-order chi connectivity index (χ1) is 8.69. The predicted molar refractivity (Wildman–Crippen MR) is 73.7 cm³/mol. The fourth-order valence-electron chi connectivity index (χ4n) is 1.59. The summed E-state index contributed by atoms with van der Waals surface area (Å²) in [5.41, 5.74) is 7.69. The van der Waals surface area contributed by atoms with Crippen LogP contribution in [-0.2, 0) is 5.75 Å². The fourth-order valence-corrected chi connectivity index (χ4v) is 2.50. The molecule has 2 N–H and O–H groups in total. The number of thioether (sulfide) groups is 1. The van der Waals surface area contributed by atoms with Gasteiger partial charge in [0.15, 0.2) is 5.16 Å². The summed E-state index contributed by atoms with van der Waals surface area (Å²) < 4.78 is 5.30. The maximum absolute atomic E-state index is 5.70. The van der Waals surface area contributed by atoms with Crippen LogP contribution in [0.15, 0.2) is 35.5 Å². The third-order valence-corrected chi connectivity index (χ3v) is 3.30. The third kappa shape index (κ3) is 3.13. The van der Waals surface area contributed by atoms with E-state index >= 15 is 0 Å². The Kier molecular flexibility index (Phi) is 4.04. The molecule has 0 amide bonds. The number of hydrogen-bond acceptors (Lipinski definition) is 5. The number of aromatic nitrogens is 2. The standard InChI is InChI=1S/C13H15N3OS/c1-9-7-12(14)16-13(15-9)18-8-10-5-3-4-6-11(10)17-2/h3-7H,8H2,1-2H3,(H2,14,15,16). The number of anilines is 1. The summed E-state index contributed by atoms with van der Waals surface area (Å²) in [6, 6.07) is 9.68. The van der Waals surface area contributed by atoms with E-state index in [1.165, 1.54) is 0 Å². The molecule has 0 aliphatic rings. The molecule has 0 unspecified atom stereocenters. The zero-order chi connectivity index (χ0) is 13.0. The summed E-state index contributed by atoms with van der Waals surface area (Å²) in [7, 11) is 1.67. The second-order valence-corrected chi connectivity index (χ2v) is 4.76. The van der Waals surface area contributed by atoms with Gasteiger partial charge in [0.1, 0.15) is 11.6 Å². The maximum atomic E-state index is 5.70. The quantitative estimate of drug-likeness (QED) is 0.677. The number of methoxy groups -OCH3 is 1. The van der Waals surface area contributed by atoms with E-state index in [0.717, 1.165) is 22.8 Å². The zero-order valence-electron chi connectivity index (χ0n) is 10.4. The Morgan fingerprint density at radius 3 is 2.78 bits per heavy atom. The van der Waals surface area contributed by atoms with Crippen LogP contribution >= 0.6 is 11.8 Å². The smallest absolute Gasteiger partial charge is 0.190 e. The molecule has 1 aromatic carbocycles. The predicted octanol–water partition coefficient (Wildman–Crippen LogP) is 2.67. The molecule has 0 bridgehead atoms. The lowest BCUT2D eigenvalue weighted by atomic mass is 10.2. The molecule has 1 heterocycles. The number of nitrogens with zero attached hydrogens (tertiary/aromatic N) is 2. The number of aryl methyl sites for hydroxylation is 1. The SMILES string of the molecule is COc1ccccc1CSc1nc(C)cc(N)n1. The van der Waals surface area contributed by atoms with Gasteiger partial charge in [-0.15, -0.1) is 0 Å². The molecule has 4 nitrogen and oxygen atoms in total. The van der Waals surface area contributed by atoms with Crippen LogP contribution in [0.1, 0.15) is 11.3 Å². The Morgan fingerprint density at radius 2 is 2.06 bits per heavy atom. The van der Waals surface area contributed by atoms with Gasteiger partial charge in [-0.1, -0.05) is 30.0 Å². The largest absolute Gasteiger partial charge is 0.496 e. The van der Waals surface area contributed by atoms with Crippen molar-refractivity contribution in [3.05, 3.63) is 41.6 Å². The van der Waals surface area contributed by atoms with Crippen LogP contribution in [0, 0.1) is 6.92 Å². The van der Waals surface area contributed by atoms with Crippen LogP contribution in [0.2, 0.25) is 0 Å². The van der Waals surface area contributed by atoms with Crippen molar-refractivity contribution in [2.45, 2.75) is 17.8 Å². The van der Waals surface area contributed by atoms with Crippen LogP contribution in [0.4, 0.5) is 5.82 Å². The van der Waals surface area contributed by atoms with Crippen molar-refractivity contribution in [3.8, 4) is 5.75 Å². The summed E-state index contributed by atoms with van der Waals surface area (Å²) in [5.74, 6) is 2.14. The molecule has 0 atom stereocenters. The molecule has 2 rings (SSSR count). The van der Waals surface area contributed by atoms with Crippen molar-refractivity contribution < 1.29 is 4.74 Å². The van der Waals surface area contributed by atoms with Crippen molar-refractivity contribution in [1.29, 1.82) is 0 Å². The fraction of sp³-hybridized carbons (Fsp3) is 0.231. The molecule has 0 saturated carbocycles. The van der Waals surface area contributed by atoms with Crippen molar-refractivity contribution in [2.24, 2.45) is 0 Å². The van der Waals surface area contributed by atoms with Crippen molar-refractivity contribution >= 4 is 17.6 Å². The van der Waals surface area contributed by atoms with Crippen LogP contribution in [-0.4, -0.2) is 17.1 Å². The van der Waals surface area contributed by atoms with Crippen LogP contribution in [0.25, 0.3) is 0 Å². The number of hydrogen-bond donors (Lipinski definition) is 1. The van der Waals surface area contributed by atoms with Gasteiger partial charge in [-0.05, 0) is 13.0 Å². The zero-order valence-corrected chi connectivity index (χ0v) is 11.2. The van der Waals surface area contributed by atoms with Gasteiger partial charge in [0.2, 0.25) is 0 Å². The molecular formula is C13H15N3OS. The highest BCUT2D eigenvalue weighted by Gasteiger charge is 2.05. The topological polar surface area (TPSA) is 61.0 Å². The summed E-state index contributed by atoms with van der Waals surface area (Å²) in [6.07, 6.45) is 0. The molecule has 0 aliphatic heterocycles. The second kappa shape index (κ2) is 5.73. The summed E-state index contributed by atoms with van der Waals surface area (Å²) in [5, 5.41) is 0.693. The van der Waals surface area contributed by atoms with E-state index < -0.39 is 0 Å². The number of nitrogen functional groups attached to an aromatic ring is 1. The molecule has 1 aromatic heterocycles. The number of para-hydroxylation sites is 1. The molecule has 0 saturated heterocycles. The van der Waals surface area contributed by atoms with E-state index in [0.29, 0.717) is 11.0 Å². The highest BCUT2D eigenvalue weighted by Crippen LogP contribution is 2.26. The van der Waals surface area contributed by atoms with Gasteiger partial charge in [-0.2, -0.15) is 0 Å². The van der Waals surface area contributed by atoms with Crippen LogP contribution in [0.5, 0.6) is 5.75 Å². The third-order valence-electron chi connectivity index (χ3n) is 2.40. The van der Waals surface area contributed by atoms with E-state index in [2.05, 4.69) is 9.97 Å². The Bertz CT molecular complexity index is 525. The van der Waals surface area contributed by atoms with Gasteiger partial charge in [-0.3, -0.25) is 0 Å². The average Bonchev–Trinajstić information content (AvgIpc) is 2.35. The Hall–Kier alpha value is -1.75. The van der Waals surface area contributed by atoms with Gasteiger partial charge in [0, 0.05) is 23.1 Å². The second-order valence-electron chi connectivity index (χ2n) is 3.82. The Balaban J connectivity index is 2.11. The summed E-state index contributed by atoms with van der Waals surface area (Å²) in [4.78, 5) is 8.53. The first-order valence-corrected chi connectivity index (χ1v) is 6.53. The molecule has 94 valence electrons. The number of nitrogens with two attached hydrogens (primary N) is 1. The first-order valence-electron chi connectivity index (χ1n) is 5.55. The highest BCUT2D eigenvalue weighted by atomic mass is 32.2. The molecule has 0 radical (unpaired) electrons. The molecule has 18 heavy (non-hydrogen) atoms. The van der Waals surface area contributed by atoms with Crippen molar-refractivity contribution in [2.75, 3.05) is 12.8 Å². The van der Waals surface area contributed by atoms with Gasteiger partial charge in [0.25, 0.3) is 0 Å². The monoisotopic (exact) mass is 261 g/mol. The number of benzene rings is 1. The lowest BCUT2D eigenvalue weighted by Gasteiger charge is -2.07. The Labute approximate surface area is 111 Å². The first kappa shape index (κ1) is 12.7. The summed E-state index contributed by atoms with van der Waals surface area (Å²) in [6.45, 7) is 1.91. The lowest BCUT2D eigenvalue weighted by Crippen LogP contribution is -1.97. The minimum Gasteiger partial charge on any atom is -0.496 e. The molecule has 0 spiro atoms. The van der Waals surface area contributed by atoms with E-state index in [9.17, 15) is 0 Å². The molecule has 0 aliphatic carbocycles. The highest BCUT2D eigenvalue weighted by molar-refractivity contribution is 7.98. The number of rotatable bonds is 4. The molecule has 2 aromatic rings. The van der Waals surface area contributed by atoms with E-state index in [1.54, 1.807) is 24.9 Å². The normalized spacial score (nSPS) is 10.3. The van der Waals surface area contributed by atoms with E-state index in [1.807, 2.05) is 31.2 Å². The average molecular weight is 261 g/mol. The van der Waals surface area contributed by atoms with Gasteiger partial charge in [-0.25, -0.2) is 9.97 Å². The van der Waals surface area contributed by atoms with Crippen LogP contribution < -0.4 is 10.5 Å². The van der Waals surface area contributed by atoms with Gasteiger partial charge >= 0.3 is 0 Å². The molecule has 0 fully saturated rings. The molecule has 5 heteroatoms. The van der Waals surface area contributed by atoms with Gasteiger partial charge < -0.3 is 10.5 Å². The lowest BCUT2D eigenvalue weighted by molar-refractivity contribution is 0.411. The molecular weight excluding hydrogens is 246 g/mol. The van der Waals surface area contributed by atoms with Crippen molar-refractivity contribution in [1.82, 2.24) is 9.97 Å². The summed E-state index contributed by atoms with van der Waals surface area (Å²) >= 11 is 1.55. The maximum Gasteiger partial charge on any atom is 0.190 e. The van der Waals surface area contributed by atoms with Gasteiger partial charge in [0.05, 0.1) is 7.11 Å². The van der Waals surface area contributed by atoms with Crippen molar-refractivity contribution in [3.63, 3.8) is 0 Å².